The van der Waals surface area contributed by atoms with Crippen molar-refractivity contribution in [2.24, 2.45) is 0 Å². The monoisotopic (exact) mass is 388 g/mol. The summed E-state index contributed by atoms with van der Waals surface area (Å²) in [6, 6.07) is 16.1. The largest absolute Gasteiger partial charge is 0.488 e. The Labute approximate surface area is 117 Å². The molecular formula is C13H10BrIO. The van der Waals surface area contributed by atoms with E-state index >= 15 is 0 Å². The van der Waals surface area contributed by atoms with Gasteiger partial charge in [0, 0.05) is 10.0 Å². The average molecular weight is 389 g/mol. The van der Waals surface area contributed by atoms with E-state index in [9.17, 15) is 0 Å². The van der Waals surface area contributed by atoms with Crippen LogP contribution in [0.2, 0.25) is 0 Å². The third-order valence-corrected chi connectivity index (χ3v) is 3.84. The van der Waals surface area contributed by atoms with Crippen LogP contribution in [-0.2, 0) is 6.61 Å². The van der Waals surface area contributed by atoms with Crippen molar-refractivity contribution in [3.63, 3.8) is 0 Å². The Morgan fingerprint density at radius 1 is 1.00 bits per heavy atom. The van der Waals surface area contributed by atoms with Crippen LogP contribution in [0.5, 0.6) is 5.75 Å². The Balaban J connectivity index is 2.09. The fourth-order valence-electron chi connectivity index (χ4n) is 1.33. The molecule has 0 heterocycles. The minimum Gasteiger partial charge on any atom is -0.488 e. The second-order valence-electron chi connectivity index (χ2n) is 3.31. The molecule has 0 spiro atoms. The normalized spacial score (nSPS) is 10.1. The molecule has 0 aliphatic carbocycles. The number of rotatable bonds is 3. The number of para-hydroxylation sites is 1. The molecule has 0 aromatic heterocycles. The molecule has 0 aliphatic rings. The van der Waals surface area contributed by atoms with Gasteiger partial charge in [0.2, 0.25) is 0 Å². The lowest BCUT2D eigenvalue weighted by atomic mass is 10.2. The van der Waals surface area contributed by atoms with E-state index in [4.69, 9.17) is 4.74 Å². The molecule has 0 fully saturated rings. The molecule has 16 heavy (non-hydrogen) atoms. The van der Waals surface area contributed by atoms with Gasteiger partial charge in [-0.2, -0.15) is 0 Å². The Morgan fingerprint density at radius 3 is 2.44 bits per heavy atom. The Morgan fingerprint density at radius 2 is 1.69 bits per heavy atom. The molecule has 2 rings (SSSR count). The number of halogens is 2. The van der Waals surface area contributed by atoms with Gasteiger partial charge in [0.25, 0.3) is 0 Å². The van der Waals surface area contributed by atoms with E-state index in [1.54, 1.807) is 0 Å². The molecule has 3 heteroatoms. The third kappa shape index (κ3) is 2.98. The molecule has 0 N–H and O–H groups in total. The minimum atomic E-state index is 0.585. The summed E-state index contributed by atoms with van der Waals surface area (Å²) in [5.74, 6) is 0.929. The molecular weight excluding hydrogens is 379 g/mol. The van der Waals surface area contributed by atoms with Crippen LogP contribution >= 0.6 is 38.5 Å². The van der Waals surface area contributed by atoms with Gasteiger partial charge >= 0.3 is 0 Å². The first-order valence-electron chi connectivity index (χ1n) is 4.88. The number of hydrogen-bond acceptors (Lipinski definition) is 1. The lowest BCUT2D eigenvalue weighted by Crippen LogP contribution is -1.97. The molecule has 0 radical (unpaired) electrons. The van der Waals surface area contributed by atoms with Gasteiger partial charge in [0.1, 0.15) is 12.4 Å². The molecule has 0 saturated heterocycles. The SMILES string of the molecule is Brc1ccccc1COc1ccccc1I. The Bertz CT molecular complexity index is 439. The lowest BCUT2D eigenvalue weighted by molar-refractivity contribution is 0.303. The van der Waals surface area contributed by atoms with Crippen LogP contribution in [0.3, 0.4) is 0 Å². The summed E-state index contributed by atoms with van der Waals surface area (Å²) < 4.78 is 7.98. The van der Waals surface area contributed by atoms with E-state index in [2.05, 4.69) is 44.6 Å². The van der Waals surface area contributed by atoms with Gasteiger partial charge < -0.3 is 4.74 Å². The van der Waals surface area contributed by atoms with Crippen molar-refractivity contribution < 1.29 is 4.74 Å². The Hall–Kier alpha value is -0.550. The number of ether oxygens (including phenoxy) is 1. The maximum Gasteiger partial charge on any atom is 0.133 e. The second kappa shape index (κ2) is 5.68. The zero-order chi connectivity index (χ0) is 11.4. The first-order valence-corrected chi connectivity index (χ1v) is 6.75. The van der Waals surface area contributed by atoms with Gasteiger partial charge in [-0.05, 0) is 40.8 Å². The van der Waals surface area contributed by atoms with Crippen molar-refractivity contribution >= 4 is 38.5 Å². The first-order chi connectivity index (χ1) is 7.77. The van der Waals surface area contributed by atoms with Gasteiger partial charge in [-0.1, -0.05) is 46.3 Å². The molecule has 1 nitrogen and oxygen atoms in total. The predicted octanol–water partition coefficient (Wildman–Crippen LogP) is 4.63. The molecule has 82 valence electrons. The molecule has 2 aromatic carbocycles. The number of hydrogen-bond donors (Lipinski definition) is 0. The fraction of sp³-hybridized carbons (Fsp3) is 0.0769. The van der Waals surface area contributed by atoms with Crippen LogP contribution in [-0.4, -0.2) is 0 Å². The molecule has 2 aromatic rings. The maximum absolute atomic E-state index is 5.77. The van der Waals surface area contributed by atoms with Gasteiger partial charge in [0.15, 0.2) is 0 Å². The van der Waals surface area contributed by atoms with Crippen molar-refractivity contribution in [1.29, 1.82) is 0 Å². The van der Waals surface area contributed by atoms with Crippen LogP contribution in [0.4, 0.5) is 0 Å². The molecule has 0 aliphatic heterocycles. The van der Waals surface area contributed by atoms with Crippen molar-refractivity contribution in [2.45, 2.75) is 6.61 Å². The highest BCUT2D eigenvalue weighted by Crippen LogP contribution is 2.23. The topological polar surface area (TPSA) is 9.23 Å². The van der Waals surface area contributed by atoms with E-state index in [1.807, 2.05) is 42.5 Å². The molecule has 0 unspecified atom stereocenters. The molecule has 0 amide bonds. The first kappa shape index (κ1) is 11.9. The summed E-state index contributed by atoms with van der Waals surface area (Å²) in [5.41, 5.74) is 1.15. The zero-order valence-corrected chi connectivity index (χ0v) is 12.2. The van der Waals surface area contributed by atoms with Crippen LogP contribution in [0.1, 0.15) is 5.56 Å². The van der Waals surface area contributed by atoms with E-state index in [0.717, 1.165) is 19.4 Å². The predicted molar refractivity (Wildman–Crippen MR) is 77.6 cm³/mol. The molecule has 0 bridgehead atoms. The van der Waals surface area contributed by atoms with Crippen LogP contribution in [0.15, 0.2) is 53.0 Å². The minimum absolute atomic E-state index is 0.585. The quantitative estimate of drug-likeness (QED) is 0.696. The van der Waals surface area contributed by atoms with Crippen molar-refractivity contribution in [1.82, 2.24) is 0 Å². The smallest absolute Gasteiger partial charge is 0.133 e. The summed E-state index contributed by atoms with van der Waals surface area (Å²) in [7, 11) is 0. The summed E-state index contributed by atoms with van der Waals surface area (Å²) in [5, 5.41) is 0. The van der Waals surface area contributed by atoms with Crippen LogP contribution in [0.25, 0.3) is 0 Å². The fourth-order valence-corrected chi connectivity index (χ4v) is 2.28. The molecule has 0 saturated carbocycles. The van der Waals surface area contributed by atoms with E-state index in [0.29, 0.717) is 6.61 Å². The maximum atomic E-state index is 5.77. The summed E-state index contributed by atoms with van der Waals surface area (Å²) in [6.45, 7) is 0.585. The van der Waals surface area contributed by atoms with Gasteiger partial charge in [-0.15, -0.1) is 0 Å². The number of benzene rings is 2. The summed E-state index contributed by atoms with van der Waals surface area (Å²) >= 11 is 5.78. The molecule has 0 atom stereocenters. The van der Waals surface area contributed by atoms with E-state index < -0.39 is 0 Å². The van der Waals surface area contributed by atoms with Gasteiger partial charge in [0.05, 0.1) is 3.57 Å². The van der Waals surface area contributed by atoms with E-state index in [-0.39, 0.29) is 0 Å². The highest BCUT2D eigenvalue weighted by molar-refractivity contribution is 14.1. The van der Waals surface area contributed by atoms with Gasteiger partial charge in [-0.3, -0.25) is 0 Å². The van der Waals surface area contributed by atoms with Gasteiger partial charge in [-0.25, -0.2) is 0 Å². The van der Waals surface area contributed by atoms with Crippen molar-refractivity contribution in [2.75, 3.05) is 0 Å². The standard InChI is InChI=1S/C13H10BrIO/c14-11-6-2-1-5-10(11)9-16-13-8-4-3-7-12(13)15/h1-8H,9H2. The summed E-state index contributed by atoms with van der Waals surface area (Å²) in [6.07, 6.45) is 0. The van der Waals surface area contributed by atoms with Crippen LogP contribution < -0.4 is 4.74 Å². The average Bonchev–Trinajstić information content (AvgIpc) is 2.30. The second-order valence-corrected chi connectivity index (χ2v) is 5.33. The third-order valence-electron chi connectivity index (χ3n) is 2.18. The highest BCUT2D eigenvalue weighted by atomic mass is 127. The van der Waals surface area contributed by atoms with Crippen molar-refractivity contribution in [3.8, 4) is 5.75 Å². The Kier molecular flexibility index (Phi) is 4.23. The van der Waals surface area contributed by atoms with Crippen LogP contribution in [0, 0.1) is 3.57 Å². The zero-order valence-electron chi connectivity index (χ0n) is 8.49. The van der Waals surface area contributed by atoms with E-state index in [1.165, 1.54) is 0 Å². The highest BCUT2D eigenvalue weighted by Gasteiger charge is 2.02. The summed E-state index contributed by atoms with van der Waals surface area (Å²) in [4.78, 5) is 0. The van der Waals surface area contributed by atoms with Crippen molar-refractivity contribution in [3.05, 3.63) is 62.1 Å². The lowest BCUT2D eigenvalue weighted by Gasteiger charge is -2.09.